The van der Waals surface area contributed by atoms with Gasteiger partial charge >= 0.3 is 0 Å². The Bertz CT molecular complexity index is 590. The number of hydrogen-bond acceptors (Lipinski definition) is 3. The maximum absolute atomic E-state index is 11.5. The molecule has 0 N–H and O–H groups in total. The van der Waals surface area contributed by atoms with Crippen molar-refractivity contribution in [3.8, 4) is 0 Å². The molecule has 0 atom stereocenters. The van der Waals surface area contributed by atoms with Crippen molar-refractivity contribution in [2.75, 3.05) is 14.2 Å². The van der Waals surface area contributed by atoms with E-state index in [1.165, 1.54) is 18.7 Å². The highest BCUT2D eigenvalue weighted by Gasteiger charge is 2.03. The Morgan fingerprint density at radius 2 is 2.15 bits per heavy atom. The SMILES string of the molecule is CON(C)C(=O)C=Cc1cnn(Cc2ccccc2)c1. The highest BCUT2D eigenvalue weighted by molar-refractivity contribution is 5.90. The second kappa shape index (κ2) is 6.68. The van der Waals surface area contributed by atoms with Gasteiger partial charge in [0.15, 0.2) is 0 Å². The van der Waals surface area contributed by atoms with E-state index in [1.807, 2.05) is 41.2 Å². The lowest BCUT2D eigenvalue weighted by Gasteiger charge is -2.09. The minimum absolute atomic E-state index is 0.219. The van der Waals surface area contributed by atoms with Crippen molar-refractivity contribution in [1.82, 2.24) is 14.8 Å². The number of amides is 1. The number of hydroxylamine groups is 2. The maximum Gasteiger partial charge on any atom is 0.269 e. The van der Waals surface area contributed by atoms with Crippen LogP contribution in [0.15, 0.2) is 48.8 Å². The molecule has 1 aromatic heterocycles. The van der Waals surface area contributed by atoms with Crippen molar-refractivity contribution < 1.29 is 9.63 Å². The molecule has 0 saturated heterocycles. The molecule has 0 spiro atoms. The molecule has 5 heteroatoms. The van der Waals surface area contributed by atoms with Gasteiger partial charge in [-0.1, -0.05) is 30.3 Å². The molecule has 1 heterocycles. The molecule has 0 aliphatic rings. The van der Waals surface area contributed by atoms with Crippen LogP contribution in [0.5, 0.6) is 0 Å². The number of nitrogens with zero attached hydrogens (tertiary/aromatic N) is 3. The molecule has 2 aromatic rings. The Morgan fingerprint density at radius 1 is 1.40 bits per heavy atom. The van der Waals surface area contributed by atoms with Gasteiger partial charge in [0, 0.05) is 24.9 Å². The summed E-state index contributed by atoms with van der Waals surface area (Å²) < 4.78 is 1.83. The van der Waals surface area contributed by atoms with Crippen LogP contribution < -0.4 is 0 Å². The summed E-state index contributed by atoms with van der Waals surface area (Å²) >= 11 is 0. The average molecular weight is 271 g/mol. The van der Waals surface area contributed by atoms with Gasteiger partial charge in [-0.05, 0) is 11.6 Å². The third-order valence-electron chi connectivity index (χ3n) is 2.84. The number of carbonyl (C=O) groups is 1. The van der Waals surface area contributed by atoms with Crippen molar-refractivity contribution in [2.24, 2.45) is 0 Å². The topological polar surface area (TPSA) is 47.4 Å². The predicted octanol–water partition coefficient (Wildman–Crippen LogP) is 1.96. The van der Waals surface area contributed by atoms with E-state index in [-0.39, 0.29) is 5.91 Å². The van der Waals surface area contributed by atoms with E-state index >= 15 is 0 Å². The number of likely N-dealkylation sites (N-methyl/N-ethyl adjacent to an activating group) is 1. The van der Waals surface area contributed by atoms with Gasteiger partial charge in [-0.2, -0.15) is 5.10 Å². The minimum atomic E-state index is -0.219. The highest BCUT2D eigenvalue weighted by Crippen LogP contribution is 2.05. The van der Waals surface area contributed by atoms with Gasteiger partial charge in [0.1, 0.15) is 0 Å². The summed E-state index contributed by atoms with van der Waals surface area (Å²) in [4.78, 5) is 16.3. The molecule has 0 bridgehead atoms. The normalized spacial score (nSPS) is 10.9. The van der Waals surface area contributed by atoms with E-state index in [2.05, 4.69) is 5.10 Å². The fourth-order valence-corrected chi connectivity index (χ4v) is 1.69. The molecule has 0 saturated carbocycles. The molecule has 0 aliphatic heterocycles. The second-order valence-electron chi connectivity index (χ2n) is 4.31. The summed E-state index contributed by atoms with van der Waals surface area (Å²) in [5.41, 5.74) is 2.06. The Labute approximate surface area is 118 Å². The van der Waals surface area contributed by atoms with Crippen LogP contribution in [0.2, 0.25) is 0 Å². The van der Waals surface area contributed by atoms with Crippen LogP contribution in [0.1, 0.15) is 11.1 Å². The number of aromatic nitrogens is 2. The van der Waals surface area contributed by atoms with E-state index in [4.69, 9.17) is 4.84 Å². The molecule has 1 aromatic carbocycles. The lowest BCUT2D eigenvalue weighted by molar-refractivity contribution is -0.162. The summed E-state index contributed by atoms with van der Waals surface area (Å²) in [6.45, 7) is 0.709. The molecular weight excluding hydrogens is 254 g/mol. The van der Waals surface area contributed by atoms with Crippen molar-refractivity contribution >= 4 is 12.0 Å². The Morgan fingerprint density at radius 3 is 2.85 bits per heavy atom. The molecule has 5 nitrogen and oxygen atoms in total. The first-order valence-corrected chi connectivity index (χ1v) is 6.25. The zero-order valence-electron chi connectivity index (χ0n) is 11.6. The first-order valence-electron chi connectivity index (χ1n) is 6.25. The fourth-order valence-electron chi connectivity index (χ4n) is 1.69. The van der Waals surface area contributed by atoms with Crippen molar-refractivity contribution in [1.29, 1.82) is 0 Å². The molecule has 0 fully saturated rings. The maximum atomic E-state index is 11.5. The molecule has 2 rings (SSSR count). The molecule has 0 radical (unpaired) electrons. The number of hydrogen-bond donors (Lipinski definition) is 0. The zero-order valence-corrected chi connectivity index (χ0v) is 11.6. The van der Waals surface area contributed by atoms with E-state index < -0.39 is 0 Å². The van der Waals surface area contributed by atoms with Crippen LogP contribution in [-0.4, -0.2) is 34.9 Å². The third-order valence-corrected chi connectivity index (χ3v) is 2.84. The highest BCUT2D eigenvalue weighted by atomic mass is 16.7. The van der Waals surface area contributed by atoms with Gasteiger partial charge in [0.25, 0.3) is 5.91 Å². The van der Waals surface area contributed by atoms with Crippen LogP contribution in [0.4, 0.5) is 0 Å². The second-order valence-corrected chi connectivity index (χ2v) is 4.31. The van der Waals surface area contributed by atoms with Gasteiger partial charge in [0.2, 0.25) is 0 Å². The standard InChI is InChI=1S/C15H17N3O2/c1-17(20-2)15(19)9-8-14-10-16-18(12-14)11-13-6-4-3-5-7-13/h3-10,12H,11H2,1-2H3. The van der Waals surface area contributed by atoms with E-state index in [0.717, 1.165) is 10.6 Å². The van der Waals surface area contributed by atoms with Gasteiger partial charge in [-0.15, -0.1) is 0 Å². The van der Waals surface area contributed by atoms with Crippen molar-refractivity contribution in [3.63, 3.8) is 0 Å². The molecular formula is C15H17N3O2. The zero-order chi connectivity index (χ0) is 14.4. The smallest absolute Gasteiger partial charge is 0.269 e. The minimum Gasteiger partial charge on any atom is -0.274 e. The number of rotatable bonds is 5. The van der Waals surface area contributed by atoms with Crippen molar-refractivity contribution in [3.05, 3.63) is 59.9 Å². The fraction of sp³-hybridized carbons (Fsp3) is 0.200. The summed E-state index contributed by atoms with van der Waals surface area (Å²) in [5, 5.41) is 5.42. The monoisotopic (exact) mass is 271 g/mol. The van der Waals surface area contributed by atoms with E-state index in [0.29, 0.717) is 6.54 Å². The van der Waals surface area contributed by atoms with E-state index in [1.54, 1.807) is 19.3 Å². The number of carbonyl (C=O) groups excluding carboxylic acids is 1. The summed E-state index contributed by atoms with van der Waals surface area (Å²) in [5.74, 6) is -0.219. The predicted molar refractivity (Wildman–Crippen MR) is 76.6 cm³/mol. The summed E-state index contributed by atoms with van der Waals surface area (Å²) in [6, 6.07) is 10.1. The lowest BCUT2D eigenvalue weighted by Crippen LogP contribution is -2.22. The first kappa shape index (κ1) is 14.0. The molecule has 104 valence electrons. The quantitative estimate of drug-likeness (QED) is 0.617. The molecule has 0 unspecified atom stereocenters. The van der Waals surface area contributed by atoms with Crippen LogP contribution in [0.3, 0.4) is 0 Å². The van der Waals surface area contributed by atoms with Gasteiger partial charge in [-0.25, -0.2) is 5.06 Å². The molecule has 1 amide bonds. The first-order chi connectivity index (χ1) is 9.69. The number of benzene rings is 1. The third kappa shape index (κ3) is 3.80. The lowest BCUT2D eigenvalue weighted by atomic mass is 10.2. The van der Waals surface area contributed by atoms with E-state index in [9.17, 15) is 4.79 Å². The summed E-state index contributed by atoms with van der Waals surface area (Å²) in [7, 11) is 3.01. The van der Waals surface area contributed by atoms with Gasteiger partial charge < -0.3 is 0 Å². The Balaban J connectivity index is 1.99. The largest absolute Gasteiger partial charge is 0.274 e. The van der Waals surface area contributed by atoms with Crippen LogP contribution in [-0.2, 0) is 16.2 Å². The van der Waals surface area contributed by atoms with Gasteiger partial charge in [0.05, 0.1) is 19.9 Å². The molecule has 20 heavy (non-hydrogen) atoms. The van der Waals surface area contributed by atoms with Crippen LogP contribution in [0, 0.1) is 0 Å². The Hall–Kier alpha value is -2.40. The molecule has 0 aliphatic carbocycles. The van der Waals surface area contributed by atoms with Crippen molar-refractivity contribution in [2.45, 2.75) is 6.54 Å². The average Bonchev–Trinajstić information content (AvgIpc) is 2.92. The van der Waals surface area contributed by atoms with Gasteiger partial charge in [-0.3, -0.25) is 14.3 Å². The van der Waals surface area contributed by atoms with Crippen LogP contribution in [0.25, 0.3) is 6.08 Å². The summed E-state index contributed by atoms with van der Waals surface area (Å²) in [6.07, 6.45) is 6.78. The Kier molecular flexibility index (Phi) is 4.68. The van der Waals surface area contributed by atoms with Crippen LogP contribution >= 0.6 is 0 Å².